The maximum atomic E-state index is 12.2. The largest absolute Gasteiger partial charge is 0.444 e. The van der Waals surface area contributed by atoms with Crippen molar-refractivity contribution in [1.82, 2.24) is 19.9 Å². The van der Waals surface area contributed by atoms with Crippen LogP contribution in [0.4, 0.5) is 10.6 Å². The van der Waals surface area contributed by atoms with E-state index in [1.807, 2.05) is 20.8 Å². The molecule has 9 nitrogen and oxygen atoms in total. The maximum Gasteiger partial charge on any atom is 0.407 e. The summed E-state index contributed by atoms with van der Waals surface area (Å²) in [7, 11) is -1.14. The van der Waals surface area contributed by atoms with E-state index in [9.17, 15) is 4.79 Å². The van der Waals surface area contributed by atoms with Crippen LogP contribution in [0.2, 0.25) is 25.7 Å². The summed E-state index contributed by atoms with van der Waals surface area (Å²) >= 11 is 0. The number of hydrogen-bond donors (Lipinski definition) is 1. The van der Waals surface area contributed by atoms with Crippen LogP contribution in [-0.4, -0.2) is 73.3 Å². The number of rotatable bonds is 8. The minimum Gasteiger partial charge on any atom is -0.444 e. The Kier molecular flexibility index (Phi) is 7.73. The summed E-state index contributed by atoms with van der Waals surface area (Å²) < 4.78 is 19.2. The fourth-order valence-electron chi connectivity index (χ4n) is 4.55. The molecule has 1 N–H and O–H groups in total. The molecule has 0 radical (unpaired) electrons. The van der Waals surface area contributed by atoms with E-state index in [-0.39, 0.29) is 12.1 Å². The van der Waals surface area contributed by atoms with Crippen LogP contribution < -0.4 is 10.2 Å². The highest BCUT2D eigenvalue weighted by atomic mass is 28.3. The highest BCUT2D eigenvalue weighted by molar-refractivity contribution is 6.76. The van der Waals surface area contributed by atoms with Gasteiger partial charge in [-0.15, -0.1) is 0 Å². The van der Waals surface area contributed by atoms with E-state index in [4.69, 9.17) is 19.2 Å². The minimum atomic E-state index is -1.14. The van der Waals surface area contributed by atoms with E-state index in [0.717, 1.165) is 55.6 Å². The van der Waals surface area contributed by atoms with Gasteiger partial charge in [0.2, 0.25) is 0 Å². The van der Waals surface area contributed by atoms with Gasteiger partial charge in [0.15, 0.2) is 0 Å². The van der Waals surface area contributed by atoms with Crippen LogP contribution in [0, 0.1) is 0 Å². The van der Waals surface area contributed by atoms with Gasteiger partial charge in [-0.2, -0.15) is 0 Å². The first-order valence-electron chi connectivity index (χ1n) is 12.7. The molecule has 4 rings (SSSR count). The lowest BCUT2D eigenvalue weighted by Gasteiger charge is -2.40. The Hall–Kier alpha value is -2.17. The predicted molar refractivity (Wildman–Crippen MR) is 140 cm³/mol. The van der Waals surface area contributed by atoms with Crippen LogP contribution in [0.1, 0.15) is 45.1 Å². The molecule has 2 aromatic heterocycles. The van der Waals surface area contributed by atoms with Gasteiger partial charge in [0.25, 0.3) is 0 Å². The first-order valence-corrected chi connectivity index (χ1v) is 16.4. The van der Waals surface area contributed by atoms with Gasteiger partial charge in [0.05, 0.1) is 11.4 Å². The van der Waals surface area contributed by atoms with Crippen LogP contribution in [0.15, 0.2) is 12.5 Å². The number of carbonyl (C=O) groups is 1. The van der Waals surface area contributed by atoms with Crippen molar-refractivity contribution in [2.75, 3.05) is 37.8 Å². The number of amides is 1. The molecule has 194 valence electrons. The lowest BCUT2D eigenvalue weighted by atomic mass is 9.91. The molecule has 0 saturated carbocycles. The monoisotopic (exact) mass is 503 g/mol. The highest BCUT2D eigenvalue weighted by Crippen LogP contribution is 2.38. The van der Waals surface area contributed by atoms with E-state index in [1.54, 1.807) is 6.33 Å². The molecule has 0 aliphatic carbocycles. The number of aromatic nitrogens is 3. The van der Waals surface area contributed by atoms with Crippen molar-refractivity contribution in [2.45, 2.75) is 83.6 Å². The molecule has 0 atom stereocenters. The summed E-state index contributed by atoms with van der Waals surface area (Å²) in [6.45, 7) is 16.9. The average Bonchev–Trinajstić information content (AvgIpc) is 3.11. The van der Waals surface area contributed by atoms with E-state index < -0.39 is 13.7 Å². The SMILES string of the molecule is CC(C)(C)OC(=O)NC1CN(c2ncnc3c2c(C2CCOCC2)cn3COCC[Si](C)(C)C)C1. The van der Waals surface area contributed by atoms with Crippen molar-refractivity contribution >= 4 is 31.0 Å². The summed E-state index contributed by atoms with van der Waals surface area (Å²) in [6.07, 6.45) is 5.46. The normalized spacial score (nSPS) is 18.1. The smallest absolute Gasteiger partial charge is 0.407 e. The average molecular weight is 504 g/mol. The zero-order chi connectivity index (χ0) is 25.2. The van der Waals surface area contributed by atoms with Gasteiger partial charge in [0.1, 0.15) is 30.1 Å². The van der Waals surface area contributed by atoms with Gasteiger partial charge in [-0.05, 0) is 51.1 Å². The number of hydrogen-bond acceptors (Lipinski definition) is 7. The molecule has 4 heterocycles. The lowest BCUT2D eigenvalue weighted by molar-refractivity contribution is 0.0496. The molecule has 0 bridgehead atoms. The summed E-state index contributed by atoms with van der Waals surface area (Å²) in [6, 6.07) is 1.17. The minimum absolute atomic E-state index is 0.0355. The molecule has 2 aromatic rings. The quantitative estimate of drug-likeness (QED) is 0.423. The number of ether oxygens (including phenoxy) is 3. The Morgan fingerprint density at radius 1 is 1.20 bits per heavy atom. The summed E-state index contributed by atoms with van der Waals surface area (Å²) in [5.41, 5.74) is 1.68. The zero-order valence-corrected chi connectivity index (χ0v) is 23.1. The number of anilines is 1. The Morgan fingerprint density at radius 3 is 2.57 bits per heavy atom. The fraction of sp³-hybridized carbons (Fsp3) is 0.720. The van der Waals surface area contributed by atoms with E-state index in [2.05, 4.69) is 45.6 Å². The van der Waals surface area contributed by atoms with Crippen molar-refractivity contribution in [1.29, 1.82) is 0 Å². The van der Waals surface area contributed by atoms with Gasteiger partial charge in [-0.25, -0.2) is 14.8 Å². The number of nitrogens with zero attached hydrogens (tertiary/aromatic N) is 4. The molecule has 10 heteroatoms. The molecule has 2 aliphatic rings. The third-order valence-corrected chi connectivity index (χ3v) is 8.16. The summed E-state index contributed by atoms with van der Waals surface area (Å²) in [5, 5.41) is 4.07. The maximum absolute atomic E-state index is 12.2. The third-order valence-electron chi connectivity index (χ3n) is 6.45. The number of alkyl carbamates (subject to hydrolysis) is 1. The van der Waals surface area contributed by atoms with Crippen LogP contribution in [-0.2, 0) is 20.9 Å². The first-order chi connectivity index (χ1) is 16.5. The van der Waals surface area contributed by atoms with E-state index in [1.165, 1.54) is 5.56 Å². The molecule has 1 amide bonds. The van der Waals surface area contributed by atoms with Crippen LogP contribution >= 0.6 is 0 Å². The Bertz CT molecular complexity index is 1020. The number of fused-ring (bicyclic) bond motifs is 1. The Labute approximate surface area is 209 Å². The second-order valence-corrected chi connectivity index (χ2v) is 17.6. The van der Waals surface area contributed by atoms with Gasteiger partial charge in [-0.3, -0.25) is 0 Å². The van der Waals surface area contributed by atoms with E-state index >= 15 is 0 Å². The van der Waals surface area contributed by atoms with Crippen molar-refractivity contribution in [2.24, 2.45) is 0 Å². The van der Waals surface area contributed by atoms with Crippen molar-refractivity contribution in [3.63, 3.8) is 0 Å². The standard InChI is InChI=1S/C25H41N5O4Si/c1-25(2,3)34-24(31)28-19-13-29(14-19)22-21-20(18-7-9-32-10-8-18)15-30(23(21)27-16-26-22)17-33-11-12-35(4,5)6/h15-16,18-19H,7-14,17H2,1-6H3,(H,28,31). The van der Waals surface area contributed by atoms with Gasteiger partial charge in [0, 0.05) is 47.2 Å². The first kappa shape index (κ1) is 25.9. The van der Waals surface area contributed by atoms with Crippen LogP contribution in [0.3, 0.4) is 0 Å². The van der Waals surface area contributed by atoms with E-state index in [0.29, 0.717) is 25.7 Å². The van der Waals surface area contributed by atoms with Crippen molar-refractivity contribution in [3.8, 4) is 0 Å². The number of carbonyl (C=O) groups excluding carboxylic acids is 1. The van der Waals surface area contributed by atoms with Gasteiger partial charge in [-0.1, -0.05) is 19.6 Å². The molecule has 2 fully saturated rings. The second-order valence-electron chi connectivity index (χ2n) is 11.9. The topological polar surface area (TPSA) is 90.7 Å². The Balaban J connectivity index is 1.52. The fourth-order valence-corrected chi connectivity index (χ4v) is 5.31. The van der Waals surface area contributed by atoms with Crippen LogP contribution in [0.5, 0.6) is 0 Å². The highest BCUT2D eigenvalue weighted by Gasteiger charge is 2.34. The predicted octanol–water partition coefficient (Wildman–Crippen LogP) is 4.35. The summed E-state index contributed by atoms with van der Waals surface area (Å²) in [5.74, 6) is 1.34. The Morgan fingerprint density at radius 2 is 1.91 bits per heavy atom. The molecule has 2 saturated heterocycles. The van der Waals surface area contributed by atoms with Gasteiger partial charge < -0.3 is 29.0 Å². The van der Waals surface area contributed by atoms with Gasteiger partial charge >= 0.3 is 6.09 Å². The molecule has 0 spiro atoms. The second kappa shape index (κ2) is 10.4. The van der Waals surface area contributed by atoms with Crippen molar-refractivity contribution in [3.05, 3.63) is 18.1 Å². The third kappa shape index (κ3) is 6.74. The summed E-state index contributed by atoms with van der Waals surface area (Å²) in [4.78, 5) is 23.7. The van der Waals surface area contributed by atoms with Crippen LogP contribution in [0.25, 0.3) is 11.0 Å². The zero-order valence-electron chi connectivity index (χ0n) is 22.1. The lowest BCUT2D eigenvalue weighted by Crippen LogP contribution is -2.60. The molecule has 35 heavy (non-hydrogen) atoms. The molecule has 0 aromatic carbocycles. The number of nitrogens with one attached hydrogen (secondary N) is 1. The van der Waals surface area contributed by atoms with Crippen molar-refractivity contribution < 1.29 is 19.0 Å². The molecule has 2 aliphatic heterocycles. The molecular formula is C25H41N5O4Si. The molecular weight excluding hydrogens is 462 g/mol. The molecule has 0 unspecified atom stereocenters.